The molecular formula is C12H12N2O3. The number of urea groups is 1. The normalized spacial score (nSPS) is 18.9. The Bertz CT molecular complexity index is 484. The smallest absolute Gasteiger partial charge is 0.335 e. The molecule has 1 aliphatic heterocycles. The summed E-state index contributed by atoms with van der Waals surface area (Å²) in [6.45, 7) is 4.08. The fourth-order valence-corrected chi connectivity index (χ4v) is 1.72. The van der Waals surface area contributed by atoms with Gasteiger partial charge >= 0.3 is 12.0 Å². The molecule has 1 saturated heterocycles. The lowest BCUT2D eigenvalue weighted by atomic mass is 10.2. The van der Waals surface area contributed by atoms with Crippen molar-refractivity contribution in [1.29, 1.82) is 0 Å². The van der Waals surface area contributed by atoms with Crippen LogP contribution in [0.3, 0.4) is 0 Å². The van der Waals surface area contributed by atoms with Gasteiger partial charge in [0, 0.05) is 5.69 Å². The third kappa shape index (κ3) is 2.13. The molecule has 5 nitrogen and oxygen atoms in total. The molecule has 1 aliphatic rings. The van der Waals surface area contributed by atoms with Crippen molar-refractivity contribution in [2.24, 2.45) is 0 Å². The maximum Gasteiger partial charge on any atom is 0.335 e. The minimum absolute atomic E-state index is 0.101. The first-order chi connectivity index (χ1) is 8.11. The van der Waals surface area contributed by atoms with Gasteiger partial charge in [0.05, 0.1) is 18.2 Å². The largest absolute Gasteiger partial charge is 0.478 e. The first-order valence-corrected chi connectivity index (χ1v) is 5.16. The van der Waals surface area contributed by atoms with Crippen LogP contribution in [0.5, 0.6) is 0 Å². The van der Waals surface area contributed by atoms with Gasteiger partial charge in [-0.05, 0) is 18.2 Å². The van der Waals surface area contributed by atoms with Crippen molar-refractivity contribution in [3.05, 3.63) is 42.5 Å². The van der Waals surface area contributed by atoms with Crippen molar-refractivity contribution < 1.29 is 14.7 Å². The predicted molar refractivity (Wildman–Crippen MR) is 63.3 cm³/mol. The molecule has 0 spiro atoms. The van der Waals surface area contributed by atoms with Crippen LogP contribution in [-0.2, 0) is 0 Å². The summed E-state index contributed by atoms with van der Waals surface area (Å²) in [4.78, 5) is 24.0. The molecule has 1 unspecified atom stereocenters. The van der Waals surface area contributed by atoms with Crippen molar-refractivity contribution in [1.82, 2.24) is 5.32 Å². The Morgan fingerprint density at radius 1 is 1.59 bits per heavy atom. The molecule has 2 N–H and O–H groups in total. The van der Waals surface area contributed by atoms with E-state index in [1.807, 2.05) is 0 Å². The average Bonchev–Trinajstić information content (AvgIpc) is 2.71. The summed E-state index contributed by atoms with van der Waals surface area (Å²) >= 11 is 0. The van der Waals surface area contributed by atoms with Crippen LogP contribution in [0.15, 0.2) is 36.9 Å². The zero-order valence-electron chi connectivity index (χ0n) is 9.09. The zero-order chi connectivity index (χ0) is 12.4. The molecule has 0 saturated carbocycles. The number of hydrogen-bond donors (Lipinski definition) is 2. The summed E-state index contributed by atoms with van der Waals surface area (Å²) in [6, 6.07) is 5.96. The van der Waals surface area contributed by atoms with E-state index in [4.69, 9.17) is 5.11 Å². The SMILES string of the molecule is C=CC1CN(c2cccc(C(=O)O)c2)C(=O)N1. The predicted octanol–water partition coefficient (Wildman–Crippen LogP) is 1.47. The maximum atomic E-state index is 11.6. The first-order valence-electron chi connectivity index (χ1n) is 5.16. The lowest BCUT2D eigenvalue weighted by Gasteiger charge is -2.14. The van der Waals surface area contributed by atoms with E-state index in [-0.39, 0.29) is 17.6 Å². The van der Waals surface area contributed by atoms with E-state index in [2.05, 4.69) is 11.9 Å². The molecule has 1 aromatic rings. The van der Waals surface area contributed by atoms with Gasteiger partial charge in [-0.25, -0.2) is 9.59 Å². The van der Waals surface area contributed by atoms with Crippen LogP contribution < -0.4 is 10.2 Å². The summed E-state index contributed by atoms with van der Waals surface area (Å²) in [5.41, 5.74) is 0.740. The number of nitrogens with one attached hydrogen (secondary N) is 1. The molecule has 0 radical (unpaired) electrons. The number of carbonyl (C=O) groups is 2. The summed E-state index contributed by atoms with van der Waals surface area (Å²) in [6.07, 6.45) is 1.65. The Morgan fingerprint density at radius 2 is 2.35 bits per heavy atom. The Hall–Kier alpha value is -2.30. The first kappa shape index (κ1) is 11.2. The number of carbonyl (C=O) groups excluding carboxylic acids is 1. The monoisotopic (exact) mass is 232 g/mol. The van der Waals surface area contributed by atoms with Crippen molar-refractivity contribution >= 4 is 17.7 Å². The quantitative estimate of drug-likeness (QED) is 0.775. The third-order valence-electron chi connectivity index (χ3n) is 2.62. The second-order valence-electron chi connectivity index (χ2n) is 3.76. The van der Waals surface area contributed by atoms with E-state index in [1.165, 1.54) is 17.0 Å². The Labute approximate surface area is 98.4 Å². The van der Waals surface area contributed by atoms with Crippen LogP contribution in [0.25, 0.3) is 0 Å². The molecule has 1 atom stereocenters. The molecule has 0 bridgehead atoms. The van der Waals surface area contributed by atoms with E-state index in [0.717, 1.165) is 0 Å². The van der Waals surface area contributed by atoms with Gasteiger partial charge in [0.25, 0.3) is 0 Å². The molecule has 5 heteroatoms. The highest BCUT2D eigenvalue weighted by atomic mass is 16.4. The number of benzene rings is 1. The van der Waals surface area contributed by atoms with Gasteiger partial charge in [-0.2, -0.15) is 0 Å². The molecule has 1 aromatic carbocycles. The third-order valence-corrected chi connectivity index (χ3v) is 2.62. The van der Waals surface area contributed by atoms with Gasteiger partial charge in [0.2, 0.25) is 0 Å². The van der Waals surface area contributed by atoms with E-state index in [9.17, 15) is 9.59 Å². The Kier molecular flexibility index (Phi) is 2.82. The number of nitrogens with zero attached hydrogens (tertiary/aromatic N) is 1. The lowest BCUT2D eigenvalue weighted by molar-refractivity contribution is 0.0697. The molecule has 88 valence electrons. The number of carboxylic acids is 1. The lowest BCUT2D eigenvalue weighted by Crippen LogP contribution is -2.28. The summed E-state index contributed by atoms with van der Waals surface area (Å²) < 4.78 is 0. The van der Waals surface area contributed by atoms with Gasteiger partial charge < -0.3 is 10.4 Å². The van der Waals surface area contributed by atoms with Gasteiger partial charge in [0.15, 0.2) is 0 Å². The summed E-state index contributed by atoms with van der Waals surface area (Å²) in [5.74, 6) is -1.01. The van der Waals surface area contributed by atoms with Crippen LogP contribution in [0.4, 0.5) is 10.5 Å². The number of rotatable bonds is 3. The van der Waals surface area contributed by atoms with Crippen molar-refractivity contribution in [2.45, 2.75) is 6.04 Å². The van der Waals surface area contributed by atoms with Crippen LogP contribution in [0.1, 0.15) is 10.4 Å². The van der Waals surface area contributed by atoms with E-state index in [1.54, 1.807) is 18.2 Å². The van der Waals surface area contributed by atoms with Crippen molar-refractivity contribution in [3.8, 4) is 0 Å². The van der Waals surface area contributed by atoms with Crippen molar-refractivity contribution in [3.63, 3.8) is 0 Å². The molecular weight excluding hydrogens is 220 g/mol. The molecule has 2 amide bonds. The number of amides is 2. The summed E-state index contributed by atoms with van der Waals surface area (Å²) in [7, 11) is 0. The summed E-state index contributed by atoms with van der Waals surface area (Å²) in [5, 5.41) is 11.6. The molecule has 17 heavy (non-hydrogen) atoms. The van der Waals surface area contributed by atoms with Crippen molar-refractivity contribution in [2.75, 3.05) is 11.4 Å². The highest BCUT2D eigenvalue weighted by Crippen LogP contribution is 2.20. The van der Waals surface area contributed by atoms with Crippen LogP contribution in [-0.4, -0.2) is 29.7 Å². The molecule has 1 fully saturated rings. The molecule has 0 aromatic heterocycles. The molecule has 1 heterocycles. The molecule has 0 aliphatic carbocycles. The average molecular weight is 232 g/mol. The Morgan fingerprint density at radius 3 is 2.94 bits per heavy atom. The number of hydrogen-bond acceptors (Lipinski definition) is 2. The Balaban J connectivity index is 2.28. The zero-order valence-corrected chi connectivity index (χ0v) is 9.09. The van der Waals surface area contributed by atoms with E-state index >= 15 is 0 Å². The fraction of sp³-hybridized carbons (Fsp3) is 0.167. The highest BCUT2D eigenvalue weighted by molar-refractivity contribution is 5.96. The van der Waals surface area contributed by atoms with E-state index in [0.29, 0.717) is 12.2 Å². The maximum absolute atomic E-state index is 11.6. The van der Waals surface area contributed by atoms with Gasteiger partial charge in [-0.1, -0.05) is 12.1 Å². The number of aromatic carboxylic acids is 1. The van der Waals surface area contributed by atoms with Crippen LogP contribution in [0, 0.1) is 0 Å². The molecule has 2 rings (SSSR count). The second kappa shape index (κ2) is 4.29. The minimum atomic E-state index is -1.01. The fourth-order valence-electron chi connectivity index (χ4n) is 1.72. The topological polar surface area (TPSA) is 69.6 Å². The van der Waals surface area contributed by atoms with Crippen LogP contribution in [0.2, 0.25) is 0 Å². The van der Waals surface area contributed by atoms with Gasteiger partial charge in [-0.15, -0.1) is 6.58 Å². The standard InChI is InChI=1S/C12H12N2O3/c1-2-9-7-14(12(17)13-9)10-5-3-4-8(6-10)11(15)16/h2-6,9H,1,7H2,(H,13,17)(H,15,16). The van der Waals surface area contributed by atoms with Gasteiger partial charge in [-0.3, -0.25) is 4.90 Å². The van der Waals surface area contributed by atoms with Crippen LogP contribution >= 0.6 is 0 Å². The second-order valence-corrected chi connectivity index (χ2v) is 3.76. The van der Waals surface area contributed by atoms with E-state index < -0.39 is 5.97 Å². The number of anilines is 1. The van der Waals surface area contributed by atoms with Gasteiger partial charge in [0.1, 0.15) is 0 Å². The highest BCUT2D eigenvalue weighted by Gasteiger charge is 2.27. The number of carboxylic acid groups (broad SMARTS) is 1. The minimum Gasteiger partial charge on any atom is -0.478 e.